The van der Waals surface area contributed by atoms with Gasteiger partial charge in [0.1, 0.15) is 35.2 Å². The summed E-state index contributed by atoms with van der Waals surface area (Å²) in [6.45, 7) is 3.08. The van der Waals surface area contributed by atoms with Crippen molar-refractivity contribution in [3.63, 3.8) is 0 Å². The molecule has 0 saturated carbocycles. The first-order valence-corrected chi connectivity index (χ1v) is 11.2. The second-order valence-corrected chi connectivity index (χ2v) is 8.35. The van der Waals surface area contributed by atoms with Crippen molar-refractivity contribution in [2.75, 3.05) is 0 Å². The Hall–Kier alpha value is -3.80. The van der Waals surface area contributed by atoms with Crippen LogP contribution in [0.5, 0.6) is 11.5 Å². The Morgan fingerprint density at radius 1 is 1.11 bits per heavy atom. The van der Waals surface area contributed by atoms with Crippen molar-refractivity contribution in [1.29, 1.82) is 0 Å². The second-order valence-electron chi connectivity index (χ2n) is 7.94. The third kappa shape index (κ3) is 5.96. The number of rotatable bonds is 8. The van der Waals surface area contributed by atoms with E-state index < -0.39 is 52.8 Å². The van der Waals surface area contributed by atoms with Crippen molar-refractivity contribution in [2.24, 2.45) is 7.05 Å². The average Bonchev–Trinajstić information content (AvgIpc) is 2.82. The molecule has 13 heteroatoms. The van der Waals surface area contributed by atoms with Gasteiger partial charge in [-0.15, -0.1) is 0 Å². The van der Waals surface area contributed by atoms with Gasteiger partial charge in [-0.05, 0) is 37.1 Å². The van der Waals surface area contributed by atoms with Gasteiger partial charge in [-0.2, -0.15) is 13.2 Å². The average molecular weight is 544 g/mol. The van der Waals surface area contributed by atoms with Crippen LogP contribution in [0.1, 0.15) is 37.6 Å². The Morgan fingerprint density at radius 2 is 1.73 bits per heavy atom. The molecule has 2 unspecified atom stereocenters. The zero-order chi connectivity index (χ0) is 27.7. The van der Waals surface area contributed by atoms with E-state index in [-0.39, 0.29) is 31.7 Å². The monoisotopic (exact) mass is 543 g/mol. The number of halogens is 5. The molecule has 8 nitrogen and oxygen atoms in total. The SMILES string of the molecule is CCC(Oc1cc(-n2c(=O)cc(C(F)(F)F)n(C)c2=O)c(F)cc1Cl)c1ccc(OC(C)C(=O)[O-])cc1. The molecule has 2 atom stereocenters. The van der Waals surface area contributed by atoms with Crippen molar-refractivity contribution < 1.29 is 36.9 Å². The number of hydrogen-bond donors (Lipinski definition) is 0. The maximum absolute atomic E-state index is 14.8. The molecule has 0 amide bonds. The molecule has 1 aromatic heterocycles. The van der Waals surface area contributed by atoms with Gasteiger partial charge in [-0.1, -0.05) is 30.7 Å². The fraction of sp³-hybridized carbons (Fsp3) is 0.292. The lowest BCUT2D eigenvalue weighted by molar-refractivity contribution is -0.312. The number of benzene rings is 2. The van der Waals surface area contributed by atoms with E-state index in [0.717, 1.165) is 19.2 Å². The molecule has 0 aliphatic rings. The van der Waals surface area contributed by atoms with Crippen LogP contribution in [0.3, 0.4) is 0 Å². The van der Waals surface area contributed by atoms with Gasteiger partial charge in [0.2, 0.25) is 0 Å². The molecule has 0 bridgehead atoms. The predicted octanol–water partition coefficient (Wildman–Crippen LogP) is 3.39. The molecule has 3 rings (SSSR count). The van der Waals surface area contributed by atoms with Crippen LogP contribution >= 0.6 is 11.6 Å². The largest absolute Gasteiger partial charge is 0.546 e. The zero-order valence-corrected chi connectivity index (χ0v) is 20.4. The fourth-order valence-corrected chi connectivity index (χ4v) is 3.65. The highest BCUT2D eigenvalue weighted by Gasteiger charge is 2.35. The number of hydrogen-bond acceptors (Lipinski definition) is 6. The summed E-state index contributed by atoms with van der Waals surface area (Å²) in [4.78, 5) is 35.9. The summed E-state index contributed by atoms with van der Waals surface area (Å²) in [5.74, 6) is -2.39. The first-order valence-electron chi connectivity index (χ1n) is 10.8. The Labute approximate surface area is 212 Å². The van der Waals surface area contributed by atoms with Crippen LogP contribution in [-0.4, -0.2) is 21.2 Å². The van der Waals surface area contributed by atoms with E-state index in [1.54, 1.807) is 19.1 Å². The van der Waals surface area contributed by atoms with Crippen molar-refractivity contribution in [2.45, 2.75) is 38.7 Å². The van der Waals surface area contributed by atoms with Gasteiger partial charge >= 0.3 is 11.9 Å². The summed E-state index contributed by atoms with van der Waals surface area (Å²) >= 11 is 6.12. The molecule has 3 aromatic rings. The summed E-state index contributed by atoms with van der Waals surface area (Å²) < 4.78 is 65.8. The normalized spacial score (nSPS) is 13.2. The van der Waals surface area contributed by atoms with Crippen molar-refractivity contribution in [3.8, 4) is 17.2 Å². The van der Waals surface area contributed by atoms with E-state index in [1.807, 2.05) is 0 Å². The van der Waals surface area contributed by atoms with Gasteiger partial charge in [0.05, 0.1) is 16.7 Å². The molecule has 0 spiro atoms. The Bertz CT molecular complexity index is 1430. The molecule has 0 N–H and O–H groups in total. The lowest BCUT2D eigenvalue weighted by Crippen LogP contribution is -2.41. The molecule has 0 saturated heterocycles. The van der Waals surface area contributed by atoms with E-state index >= 15 is 0 Å². The van der Waals surface area contributed by atoms with Crippen molar-refractivity contribution in [3.05, 3.63) is 85.4 Å². The highest BCUT2D eigenvalue weighted by atomic mass is 35.5. The zero-order valence-electron chi connectivity index (χ0n) is 19.6. The summed E-state index contributed by atoms with van der Waals surface area (Å²) in [7, 11) is 0.806. The summed E-state index contributed by atoms with van der Waals surface area (Å²) in [6.07, 6.45) is -6.45. The summed E-state index contributed by atoms with van der Waals surface area (Å²) in [6, 6.07) is 8.12. The Balaban J connectivity index is 1.99. The maximum atomic E-state index is 14.8. The minimum Gasteiger partial charge on any atom is -0.546 e. The number of aromatic nitrogens is 2. The number of alkyl halides is 3. The van der Waals surface area contributed by atoms with Crippen LogP contribution in [0, 0.1) is 5.82 Å². The molecule has 0 aliphatic heterocycles. The van der Waals surface area contributed by atoms with Gasteiger partial charge in [0, 0.05) is 19.2 Å². The number of carboxylic acids is 1. The van der Waals surface area contributed by atoms with E-state index in [0.29, 0.717) is 12.0 Å². The minimum absolute atomic E-state index is 0.135. The predicted molar refractivity (Wildman–Crippen MR) is 122 cm³/mol. The van der Waals surface area contributed by atoms with Crippen LogP contribution in [0.2, 0.25) is 5.02 Å². The molecular formula is C24H20ClF4N2O6-. The van der Waals surface area contributed by atoms with Crippen LogP contribution in [0.25, 0.3) is 5.69 Å². The van der Waals surface area contributed by atoms with Crippen LogP contribution in [0.4, 0.5) is 17.6 Å². The van der Waals surface area contributed by atoms with Gasteiger partial charge in [0.15, 0.2) is 0 Å². The summed E-state index contributed by atoms with van der Waals surface area (Å²) in [5.41, 5.74) is -4.34. The molecule has 1 heterocycles. The topological polar surface area (TPSA) is 103 Å². The van der Waals surface area contributed by atoms with E-state index in [4.69, 9.17) is 21.1 Å². The number of carbonyl (C=O) groups excluding carboxylic acids is 1. The number of ether oxygens (including phenoxy) is 2. The van der Waals surface area contributed by atoms with Gasteiger partial charge in [-0.25, -0.2) is 13.8 Å². The Kier molecular flexibility index (Phi) is 8.01. The summed E-state index contributed by atoms with van der Waals surface area (Å²) in [5, 5.41) is 10.6. The lowest BCUT2D eigenvalue weighted by atomic mass is 10.1. The van der Waals surface area contributed by atoms with Gasteiger partial charge in [-0.3, -0.25) is 9.36 Å². The van der Waals surface area contributed by atoms with E-state index in [1.165, 1.54) is 19.1 Å². The Morgan fingerprint density at radius 3 is 2.27 bits per heavy atom. The number of nitrogens with zero attached hydrogens (tertiary/aromatic N) is 2. The molecule has 0 radical (unpaired) electrons. The number of carboxylic acid groups (broad SMARTS) is 1. The number of aliphatic carboxylic acids is 1. The van der Waals surface area contributed by atoms with Crippen LogP contribution in [-0.2, 0) is 18.0 Å². The van der Waals surface area contributed by atoms with Crippen LogP contribution < -0.4 is 25.8 Å². The fourth-order valence-electron chi connectivity index (χ4n) is 3.45. The standard InChI is InChI=1S/C24H21ClF4N2O6/c1-4-18(13-5-7-14(8-6-13)36-12(2)22(33)34)37-19-10-17(16(26)9-15(19)25)31-21(32)11-20(24(27,28)29)30(3)23(31)35/h5-12,18H,4H2,1-3H3,(H,33,34)/p-1. The first kappa shape index (κ1) is 27.8. The highest BCUT2D eigenvalue weighted by molar-refractivity contribution is 6.32. The molecular weight excluding hydrogens is 524 g/mol. The molecule has 2 aromatic carbocycles. The molecule has 37 heavy (non-hydrogen) atoms. The molecule has 0 fully saturated rings. The highest BCUT2D eigenvalue weighted by Crippen LogP contribution is 2.34. The quantitative estimate of drug-likeness (QED) is 0.404. The van der Waals surface area contributed by atoms with E-state index in [9.17, 15) is 37.1 Å². The van der Waals surface area contributed by atoms with Gasteiger partial charge < -0.3 is 19.4 Å². The maximum Gasteiger partial charge on any atom is 0.431 e. The third-order valence-electron chi connectivity index (χ3n) is 5.39. The van der Waals surface area contributed by atoms with Crippen LogP contribution in [0.15, 0.2) is 52.1 Å². The molecule has 0 aliphatic carbocycles. The minimum atomic E-state index is -4.98. The molecule has 198 valence electrons. The second kappa shape index (κ2) is 10.7. The number of carbonyl (C=O) groups is 1. The third-order valence-corrected chi connectivity index (χ3v) is 5.68. The van der Waals surface area contributed by atoms with Crippen molar-refractivity contribution >= 4 is 17.6 Å². The van der Waals surface area contributed by atoms with E-state index in [2.05, 4.69) is 0 Å². The van der Waals surface area contributed by atoms with Crippen molar-refractivity contribution in [1.82, 2.24) is 9.13 Å². The smallest absolute Gasteiger partial charge is 0.431 e. The first-order chi connectivity index (χ1) is 17.2. The lowest BCUT2D eigenvalue weighted by Gasteiger charge is -2.21. The van der Waals surface area contributed by atoms with Gasteiger partial charge in [0.25, 0.3) is 5.56 Å².